The van der Waals surface area contributed by atoms with E-state index in [1.165, 1.54) is 36.8 Å². The standard InChI is InChI=1S/C20H25N5/c1-24-12-9-23-20(24)15-25-10-2-3-16(6-11-25)13-17-4-8-22-19-5-7-21-14-18(17)19/h4-5,7-9,12,14,16H,2-3,6,10-11,13,15H2,1H3/t16-/m1/s1. The number of pyridine rings is 2. The lowest BCUT2D eigenvalue weighted by molar-refractivity contribution is 0.263. The minimum absolute atomic E-state index is 0.733. The molecular weight excluding hydrogens is 310 g/mol. The van der Waals surface area contributed by atoms with Crippen LogP contribution in [0.25, 0.3) is 10.9 Å². The number of aryl methyl sites for hydroxylation is 1. The number of imidazole rings is 1. The second-order valence-corrected chi connectivity index (χ2v) is 7.09. The van der Waals surface area contributed by atoms with Crippen LogP contribution >= 0.6 is 0 Å². The van der Waals surface area contributed by atoms with Crippen molar-refractivity contribution in [1.29, 1.82) is 0 Å². The van der Waals surface area contributed by atoms with Gasteiger partial charge < -0.3 is 4.57 Å². The molecule has 1 aliphatic rings. The zero-order valence-corrected chi connectivity index (χ0v) is 14.8. The van der Waals surface area contributed by atoms with E-state index in [0.717, 1.165) is 36.8 Å². The summed E-state index contributed by atoms with van der Waals surface area (Å²) in [6.07, 6.45) is 14.5. The highest BCUT2D eigenvalue weighted by atomic mass is 15.2. The number of hydrogen-bond donors (Lipinski definition) is 0. The summed E-state index contributed by atoms with van der Waals surface area (Å²) in [4.78, 5) is 15.8. The highest BCUT2D eigenvalue weighted by Gasteiger charge is 2.19. The summed E-state index contributed by atoms with van der Waals surface area (Å²) in [5.41, 5.74) is 2.44. The van der Waals surface area contributed by atoms with Gasteiger partial charge >= 0.3 is 0 Å². The van der Waals surface area contributed by atoms with Crippen molar-refractivity contribution in [1.82, 2.24) is 24.4 Å². The first-order chi connectivity index (χ1) is 12.3. The molecule has 1 atom stereocenters. The Labute approximate surface area is 148 Å². The van der Waals surface area contributed by atoms with Gasteiger partial charge in [0.2, 0.25) is 0 Å². The van der Waals surface area contributed by atoms with Crippen LogP contribution in [0.3, 0.4) is 0 Å². The van der Waals surface area contributed by atoms with Crippen LogP contribution in [0.1, 0.15) is 30.7 Å². The summed E-state index contributed by atoms with van der Waals surface area (Å²) < 4.78 is 2.12. The van der Waals surface area contributed by atoms with E-state index in [1.54, 1.807) is 0 Å². The van der Waals surface area contributed by atoms with Crippen molar-refractivity contribution in [3.63, 3.8) is 0 Å². The molecule has 0 aromatic carbocycles. The highest BCUT2D eigenvalue weighted by molar-refractivity contribution is 5.80. The third-order valence-corrected chi connectivity index (χ3v) is 5.37. The van der Waals surface area contributed by atoms with Gasteiger partial charge in [-0.15, -0.1) is 0 Å². The maximum Gasteiger partial charge on any atom is 0.122 e. The molecule has 4 heterocycles. The lowest BCUT2D eigenvalue weighted by Gasteiger charge is -2.20. The molecule has 0 bridgehead atoms. The van der Waals surface area contributed by atoms with E-state index in [1.807, 2.05) is 37.1 Å². The molecule has 3 aromatic heterocycles. The third-order valence-electron chi connectivity index (χ3n) is 5.37. The number of rotatable bonds is 4. The molecule has 1 saturated heterocycles. The van der Waals surface area contributed by atoms with Crippen molar-refractivity contribution < 1.29 is 0 Å². The minimum Gasteiger partial charge on any atom is -0.337 e. The fraction of sp³-hybridized carbons (Fsp3) is 0.450. The Bertz CT molecular complexity index is 835. The Hall–Kier alpha value is -2.27. The van der Waals surface area contributed by atoms with Crippen LogP contribution in [0.4, 0.5) is 0 Å². The zero-order valence-electron chi connectivity index (χ0n) is 14.8. The van der Waals surface area contributed by atoms with Gasteiger partial charge in [0.1, 0.15) is 5.82 Å². The fourth-order valence-electron chi connectivity index (χ4n) is 3.87. The van der Waals surface area contributed by atoms with Gasteiger partial charge in [-0.1, -0.05) is 0 Å². The molecule has 4 rings (SSSR count). The van der Waals surface area contributed by atoms with Gasteiger partial charge in [0.15, 0.2) is 0 Å². The zero-order chi connectivity index (χ0) is 17.1. The van der Waals surface area contributed by atoms with Crippen molar-refractivity contribution in [2.75, 3.05) is 13.1 Å². The monoisotopic (exact) mass is 335 g/mol. The predicted octanol–water partition coefficient (Wildman–Crippen LogP) is 3.21. The molecule has 0 unspecified atom stereocenters. The molecule has 0 amide bonds. The van der Waals surface area contributed by atoms with Crippen LogP contribution in [0.5, 0.6) is 0 Å². The predicted molar refractivity (Wildman–Crippen MR) is 99.1 cm³/mol. The van der Waals surface area contributed by atoms with Gasteiger partial charge in [-0.25, -0.2) is 4.98 Å². The highest BCUT2D eigenvalue weighted by Crippen LogP contribution is 2.25. The third kappa shape index (κ3) is 3.71. The van der Waals surface area contributed by atoms with Crippen LogP contribution in [-0.2, 0) is 20.0 Å². The Morgan fingerprint density at radius 2 is 2.04 bits per heavy atom. The largest absolute Gasteiger partial charge is 0.337 e. The number of nitrogens with zero attached hydrogens (tertiary/aromatic N) is 5. The molecule has 0 aliphatic carbocycles. The van der Waals surface area contributed by atoms with Gasteiger partial charge in [0.05, 0.1) is 12.1 Å². The van der Waals surface area contributed by atoms with E-state index in [-0.39, 0.29) is 0 Å². The normalized spacial score (nSPS) is 19.2. The van der Waals surface area contributed by atoms with Crippen LogP contribution < -0.4 is 0 Å². The Balaban J connectivity index is 1.42. The van der Waals surface area contributed by atoms with Gasteiger partial charge in [-0.05, 0) is 62.4 Å². The van der Waals surface area contributed by atoms with Crippen LogP contribution in [0.2, 0.25) is 0 Å². The molecule has 5 nitrogen and oxygen atoms in total. The minimum atomic E-state index is 0.733. The number of fused-ring (bicyclic) bond motifs is 1. The molecule has 0 saturated carbocycles. The summed E-state index contributed by atoms with van der Waals surface area (Å²) >= 11 is 0. The quantitative estimate of drug-likeness (QED) is 0.734. The first-order valence-corrected chi connectivity index (χ1v) is 9.16. The van der Waals surface area contributed by atoms with E-state index < -0.39 is 0 Å². The average Bonchev–Trinajstić information content (AvgIpc) is 2.90. The van der Waals surface area contributed by atoms with Gasteiger partial charge in [0, 0.05) is 43.4 Å². The van der Waals surface area contributed by atoms with Crippen molar-refractivity contribution in [2.45, 2.75) is 32.2 Å². The van der Waals surface area contributed by atoms with Gasteiger partial charge in [-0.2, -0.15) is 0 Å². The molecule has 25 heavy (non-hydrogen) atoms. The molecule has 5 heteroatoms. The summed E-state index contributed by atoms with van der Waals surface area (Å²) in [7, 11) is 2.07. The van der Waals surface area contributed by atoms with Crippen LogP contribution in [-0.4, -0.2) is 37.5 Å². The lowest BCUT2D eigenvalue weighted by Crippen LogP contribution is -2.26. The Kier molecular flexibility index (Phi) is 4.74. The fourth-order valence-corrected chi connectivity index (χ4v) is 3.87. The molecule has 0 radical (unpaired) electrons. The Morgan fingerprint density at radius 1 is 1.08 bits per heavy atom. The molecule has 3 aromatic rings. The first-order valence-electron chi connectivity index (χ1n) is 9.16. The number of likely N-dealkylation sites (tertiary alicyclic amines) is 1. The smallest absolute Gasteiger partial charge is 0.122 e. The van der Waals surface area contributed by atoms with Crippen molar-refractivity contribution in [3.8, 4) is 0 Å². The molecular formula is C20H25N5. The number of hydrogen-bond acceptors (Lipinski definition) is 4. The van der Waals surface area contributed by atoms with Crippen molar-refractivity contribution in [2.24, 2.45) is 13.0 Å². The van der Waals surface area contributed by atoms with E-state index in [9.17, 15) is 0 Å². The van der Waals surface area contributed by atoms with Gasteiger partial charge in [-0.3, -0.25) is 14.9 Å². The number of aromatic nitrogens is 4. The second kappa shape index (κ2) is 7.31. The summed E-state index contributed by atoms with van der Waals surface area (Å²) in [6.45, 7) is 3.28. The van der Waals surface area contributed by atoms with E-state index in [2.05, 4.69) is 37.5 Å². The maximum absolute atomic E-state index is 4.47. The average molecular weight is 335 g/mol. The molecule has 1 aliphatic heterocycles. The topological polar surface area (TPSA) is 46.8 Å². The molecule has 130 valence electrons. The molecule has 0 N–H and O–H groups in total. The lowest BCUT2D eigenvalue weighted by atomic mass is 9.92. The van der Waals surface area contributed by atoms with Crippen molar-refractivity contribution >= 4 is 10.9 Å². The van der Waals surface area contributed by atoms with Crippen molar-refractivity contribution in [3.05, 3.63) is 54.5 Å². The van der Waals surface area contributed by atoms with Crippen LogP contribution in [0, 0.1) is 5.92 Å². The Morgan fingerprint density at radius 3 is 2.92 bits per heavy atom. The SMILES string of the molecule is Cn1ccnc1CN1CCC[C@@H](Cc2ccnc3ccncc23)CC1. The van der Waals surface area contributed by atoms with E-state index in [0.29, 0.717) is 0 Å². The first kappa shape index (κ1) is 16.2. The van der Waals surface area contributed by atoms with E-state index >= 15 is 0 Å². The second-order valence-electron chi connectivity index (χ2n) is 7.09. The molecule has 0 spiro atoms. The summed E-state index contributed by atoms with van der Waals surface area (Å²) in [5, 5.41) is 1.21. The maximum atomic E-state index is 4.47. The van der Waals surface area contributed by atoms with Crippen LogP contribution in [0.15, 0.2) is 43.1 Å². The summed E-state index contributed by atoms with van der Waals surface area (Å²) in [6, 6.07) is 4.17. The molecule has 1 fully saturated rings. The van der Waals surface area contributed by atoms with Gasteiger partial charge in [0.25, 0.3) is 0 Å². The van der Waals surface area contributed by atoms with E-state index in [4.69, 9.17) is 0 Å². The summed E-state index contributed by atoms with van der Waals surface area (Å²) in [5.74, 6) is 1.89.